The monoisotopic (exact) mass is 230 g/mol. The molecule has 1 aromatic heterocycles. The molecule has 0 radical (unpaired) electrons. The van der Waals surface area contributed by atoms with Crippen LogP contribution >= 0.6 is 0 Å². The van der Waals surface area contributed by atoms with Gasteiger partial charge in [-0.1, -0.05) is 30.3 Å². The Morgan fingerprint density at radius 3 is 2.59 bits per heavy atom. The lowest BCUT2D eigenvalue weighted by molar-refractivity contribution is 0.162. The van der Waals surface area contributed by atoms with Gasteiger partial charge < -0.3 is 9.52 Å². The van der Waals surface area contributed by atoms with Crippen molar-refractivity contribution < 1.29 is 9.52 Å². The minimum atomic E-state index is -0.267. The van der Waals surface area contributed by atoms with Gasteiger partial charge in [0, 0.05) is 6.42 Å². The zero-order valence-corrected chi connectivity index (χ0v) is 9.88. The predicted molar refractivity (Wildman–Crippen MR) is 67.8 cm³/mol. The van der Waals surface area contributed by atoms with Crippen molar-refractivity contribution in [2.45, 2.75) is 31.8 Å². The fraction of sp³-hybridized carbons (Fsp3) is 0.333. The molecule has 0 aliphatic heterocycles. The second-order valence-electron chi connectivity index (χ2n) is 4.37. The zero-order chi connectivity index (χ0) is 11.9. The van der Waals surface area contributed by atoms with E-state index in [-0.39, 0.29) is 6.10 Å². The first kappa shape index (κ1) is 11.9. The molecule has 90 valence electrons. The Morgan fingerprint density at radius 1 is 1.06 bits per heavy atom. The van der Waals surface area contributed by atoms with Gasteiger partial charge in [-0.3, -0.25) is 0 Å². The van der Waals surface area contributed by atoms with E-state index < -0.39 is 0 Å². The van der Waals surface area contributed by atoms with Crippen LogP contribution < -0.4 is 0 Å². The van der Waals surface area contributed by atoms with Gasteiger partial charge in [0.1, 0.15) is 0 Å². The Bertz CT molecular complexity index is 406. The number of rotatable bonds is 6. The minimum Gasteiger partial charge on any atom is -0.472 e. The van der Waals surface area contributed by atoms with Crippen molar-refractivity contribution in [2.75, 3.05) is 0 Å². The SMILES string of the molecule is OC(CCCc1ccccc1)Cc1ccoc1. The molecule has 0 bridgehead atoms. The highest BCUT2D eigenvalue weighted by molar-refractivity contribution is 5.14. The standard InChI is InChI=1S/C15H18O2/c16-15(11-14-9-10-17-12-14)8-4-7-13-5-2-1-3-6-13/h1-3,5-6,9-10,12,15-16H,4,7-8,11H2. The van der Waals surface area contributed by atoms with Gasteiger partial charge in [0.2, 0.25) is 0 Å². The predicted octanol–water partition coefficient (Wildman–Crippen LogP) is 3.21. The van der Waals surface area contributed by atoms with Crippen molar-refractivity contribution in [2.24, 2.45) is 0 Å². The lowest BCUT2D eigenvalue weighted by Gasteiger charge is -2.08. The molecule has 0 saturated heterocycles. The van der Waals surface area contributed by atoms with E-state index >= 15 is 0 Å². The second-order valence-corrected chi connectivity index (χ2v) is 4.37. The van der Waals surface area contributed by atoms with Crippen LogP contribution in [0.25, 0.3) is 0 Å². The number of aliphatic hydroxyl groups is 1. The van der Waals surface area contributed by atoms with E-state index in [9.17, 15) is 5.11 Å². The van der Waals surface area contributed by atoms with Crippen molar-refractivity contribution in [3.05, 3.63) is 60.1 Å². The lowest BCUT2D eigenvalue weighted by Crippen LogP contribution is -2.10. The highest BCUT2D eigenvalue weighted by atomic mass is 16.3. The van der Waals surface area contributed by atoms with E-state index in [1.54, 1.807) is 12.5 Å². The molecular weight excluding hydrogens is 212 g/mol. The molecule has 17 heavy (non-hydrogen) atoms. The molecule has 0 saturated carbocycles. The highest BCUT2D eigenvalue weighted by Gasteiger charge is 2.06. The summed E-state index contributed by atoms with van der Waals surface area (Å²) < 4.78 is 4.98. The number of hydrogen-bond acceptors (Lipinski definition) is 2. The Kier molecular flexibility index (Phi) is 4.39. The van der Waals surface area contributed by atoms with E-state index in [2.05, 4.69) is 24.3 Å². The van der Waals surface area contributed by atoms with Crippen LogP contribution in [0.2, 0.25) is 0 Å². The number of benzene rings is 1. The molecule has 1 atom stereocenters. The summed E-state index contributed by atoms with van der Waals surface area (Å²) in [7, 11) is 0. The van der Waals surface area contributed by atoms with Crippen LogP contribution in [0.15, 0.2) is 53.3 Å². The largest absolute Gasteiger partial charge is 0.472 e. The van der Waals surface area contributed by atoms with Crippen LogP contribution in [0, 0.1) is 0 Å². The topological polar surface area (TPSA) is 33.4 Å². The quantitative estimate of drug-likeness (QED) is 0.826. The summed E-state index contributed by atoms with van der Waals surface area (Å²) in [5, 5.41) is 9.86. The summed E-state index contributed by atoms with van der Waals surface area (Å²) in [6, 6.07) is 12.3. The summed E-state index contributed by atoms with van der Waals surface area (Å²) in [5.41, 5.74) is 2.40. The van der Waals surface area contributed by atoms with Gasteiger partial charge in [0.15, 0.2) is 0 Å². The van der Waals surface area contributed by atoms with E-state index in [1.165, 1.54) is 5.56 Å². The van der Waals surface area contributed by atoms with Crippen LogP contribution in [-0.4, -0.2) is 11.2 Å². The van der Waals surface area contributed by atoms with Crippen LogP contribution in [0.1, 0.15) is 24.0 Å². The Labute approximate surface area is 102 Å². The normalized spacial score (nSPS) is 12.5. The van der Waals surface area contributed by atoms with Gasteiger partial charge in [-0.2, -0.15) is 0 Å². The van der Waals surface area contributed by atoms with E-state index in [4.69, 9.17) is 4.42 Å². The molecule has 0 amide bonds. The zero-order valence-electron chi connectivity index (χ0n) is 9.88. The van der Waals surface area contributed by atoms with Crippen LogP contribution in [0.5, 0.6) is 0 Å². The summed E-state index contributed by atoms with van der Waals surface area (Å²) in [6.45, 7) is 0. The maximum absolute atomic E-state index is 9.86. The average molecular weight is 230 g/mol. The fourth-order valence-corrected chi connectivity index (χ4v) is 1.97. The van der Waals surface area contributed by atoms with Crippen LogP contribution in [0.3, 0.4) is 0 Å². The Balaban J connectivity index is 1.68. The molecule has 2 heteroatoms. The summed E-state index contributed by atoms with van der Waals surface area (Å²) in [6.07, 6.45) is 6.64. The summed E-state index contributed by atoms with van der Waals surface area (Å²) >= 11 is 0. The third-order valence-corrected chi connectivity index (χ3v) is 2.90. The van der Waals surface area contributed by atoms with Crippen LogP contribution in [-0.2, 0) is 12.8 Å². The van der Waals surface area contributed by atoms with E-state index in [1.807, 2.05) is 12.1 Å². The lowest BCUT2D eigenvalue weighted by atomic mass is 10.0. The van der Waals surface area contributed by atoms with Crippen molar-refractivity contribution >= 4 is 0 Å². The summed E-state index contributed by atoms with van der Waals surface area (Å²) in [5.74, 6) is 0. The van der Waals surface area contributed by atoms with Gasteiger partial charge in [0.05, 0.1) is 18.6 Å². The first-order valence-corrected chi connectivity index (χ1v) is 6.07. The molecule has 0 aliphatic rings. The van der Waals surface area contributed by atoms with Crippen molar-refractivity contribution in [1.82, 2.24) is 0 Å². The van der Waals surface area contributed by atoms with Crippen molar-refractivity contribution in [3.8, 4) is 0 Å². The third-order valence-electron chi connectivity index (χ3n) is 2.90. The molecular formula is C15H18O2. The van der Waals surface area contributed by atoms with Gasteiger partial charge in [-0.25, -0.2) is 0 Å². The number of aryl methyl sites for hydroxylation is 1. The maximum atomic E-state index is 9.86. The highest BCUT2D eigenvalue weighted by Crippen LogP contribution is 2.11. The number of furan rings is 1. The first-order valence-electron chi connectivity index (χ1n) is 6.07. The molecule has 2 rings (SSSR count). The van der Waals surface area contributed by atoms with Gasteiger partial charge in [-0.05, 0) is 36.5 Å². The van der Waals surface area contributed by atoms with E-state index in [0.717, 1.165) is 24.8 Å². The van der Waals surface area contributed by atoms with E-state index in [0.29, 0.717) is 6.42 Å². The minimum absolute atomic E-state index is 0.267. The van der Waals surface area contributed by atoms with Gasteiger partial charge in [0.25, 0.3) is 0 Å². The first-order chi connectivity index (χ1) is 8.34. The van der Waals surface area contributed by atoms with Crippen LogP contribution in [0.4, 0.5) is 0 Å². The fourth-order valence-electron chi connectivity index (χ4n) is 1.97. The van der Waals surface area contributed by atoms with Crippen molar-refractivity contribution in [1.29, 1.82) is 0 Å². The smallest absolute Gasteiger partial charge is 0.0935 e. The average Bonchev–Trinajstić information content (AvgIpc) is 2.83. The molecule has 0 aliphatic carbocycles. The Hall–Kier alpha value is -1.54. The molecule has 0 fully saturated rings. The molecule has 1 unspecified atom stereocenters. The third kappa shape index (κ3) is 4.08. The molecule has 0 spiro atoms. The molecule has 1 aromatic carbocycles. The Morgan fingerprint density at radius 2 is 1.88 bits per heavy atom. The number of hydrogen-bond donors (Lipinski definition) is 1. The maximum Gasteiger partial charge on any atom is 0.0935 e. The van der Waals surface area contributed by atoms with Gasteiger partial charge in [-0.15, -0.1) is 0 Å². The van der Waals surface area contributed by atoms with Gasteiger partial charge >= 0.3 is 0 Å². The molecule has 2 aromatic rings. The molecule has 2 nitrogen and oxygen atoms in total. The summed E-state index contributed by atoms with van der Waals surface area (Å²) in [4.78, 5) is 0. The number of aliphatic hydroxyl groups excluding tert-OH is 1. The van der Waals surface area contributed by atoms with Crippen molar-refractivity contribution in [3.63, 3.8) is 0 Å². The molecule has 1 N–H and O–H groups in total. The molecule has 1 heterocycles. The second kappa shape index (κ2) is 6.26.